The third-order valence-corrected chi connectivity index (χ3v) is 3.67. The minimum absolute atomic E-state index is 0.310. The van der Waals surface area contributed by atoms with Gasteiger partial charge in [-0.3, -0.25) is 9.67 Å². The third-order valence-electron chi connectivity index (χ3n) is 3.67. The maximum atomic E-state index is 6.51. The molecule has 2 N–H and O–H groups in total. The first kappa shape index (κ1) is 13.6. The molecule has 0 aliphatic carbocycles. The number of ether oxygens (including phenoxy) is 1. The maximum Gasteiger partial charge on any atom is 0.161 e. The monoisotopic (exact) mass is 282 g/mol. The van der Waals surface area contributed by atoms with Crippen LogP contribution in [0.2, 0.25) is 0 Å². The maximum absolute atomic E-state index is 6.51. The summed E-state index contributed by atoms with van der Waals surface area (Å²) in [5.74, 6) is 0.713. The van der Waals surface area contributed by atoms with Crippen LogP contribution in [0.1, 0.15) is 24.2 Å². The second kappa shape index (κ2) is 5.54. The Labute approximate surface area is 123 Å². The molecular weight excluding hydrogens is 264 g/mol. The molecule has 1 aromatic carbocycles. The minimum Gasteiger partial charge on any atom is -0.493 e. The van der Waals surface area contributed by atoms with Gasteiger partial charge in [-0.1, -0.05) is 18.2 Å². The van der Waals surface area contributed by atoms with E-state index in [-0.39, 0.29) is 6.04 Å². The molecule has 0 saturated carbocycles. The van der Waals surface area contributed by atoms with Crippen LogP contribution in [0.25, 0.3) is 10.9 Å². The lowest BCUT2D eigenvalue weighted by atomic mass is 9.99. The zero-order chi connectivity index (χ0) is 14.8. The molecule has 0 fully saturated rings. The van der Waals surface area contributed by atoms with Gasteiger partial charge in [0.05, 0.1) is 24.9 Å². The van der Waals surface area contributed by atoms with Gasteiger partial charge in [-0.15, -0.1) is 0 Å². The number of hydrogen-bond donors (Lipinski definition) is 1. The van der Waals surface area contributed by atoms with Gasteiger partial charge in [-0.2, -0.15) is 5.10 Å². The summed E-state index contributed by atoms with van der Waals surface area (Å²) >= 11 is 0. The van der Waals surface area contributed by atoms with Crippen LogP contribution < -0.4 is 10.5 Å². The number of nitrogens with two attached hydrogens (primary N) is 1. The summed E-state index contributed by atoms with van der Waals surface area (Å²) in [6.07, 6.45) is 3.50. The lowest BCUT2D eigenvalue weighted by Gasteiger charge is -2.17. The highest BCUT2D eigenvalue weighted by Crippen LogP contribution is 2.31. The van der Waals surface area contributed by atoms with Gasteiger partial charge in [0.15, 0.2) is 5.75 Å². The molecule has 2 heterocycles. The van der Waals surface area contributed by atoms with Crippen LogP contribution in [0, 0.1) is 0 Å². The van der Waals surface area contributed by atoms with E-state index < -0.39 is 0 Å². The normalized spacial score (nSPS) is 12.5. The fourth-order valence-corrected chi connectivity index (χ4v) is 2.65. The molecule has 3 aromatic rings. The van der Waals surface area contributed by atoms with Crippen molar-refractivity contribution in [2.24, 2.45) is 5.73 Å². The Morgan fingerprint density at radius 2 is 2.14 bits per heavy atom. The van der Waals surface area contributed by atoms with Gasteiger partial charge >= 0.3 is 0 Å². The van der Waals surface area contributed by atoms with Crippen molar-refractivity contribution in [2.75, 3.05) is 7.11 Å². The van der Waals surface area contributed by atoms with Crippen molar-refractivity contribution in [3.8, 4) is 5.75 Å². The Hall–Kier alpha value is -2.40. The molecule has 5 nitrogen and oxygen atoms in total. The number of rotatable bonds is 4. The standard InChI is InChI=1S/C16H18N4O/c1-3-20-16(14(21-2)10-19-20)15(17)12-6-4-8-13-11(12)7-5-9-18-13/h4-10,15H,3,17H2,1-2H3. The summed E-state index contributed by atoms with van der Waals surface area (Å²) < 4.78 is 7.28. The van der Waals surface area contributed by atoms with E-state index >= 15 is 0 Å². The Bertz CT molecular complexity index is 739. The molecule has 0 aliphatic rings. The third kappa shape index (κ3) is 2.25. The molecule has 0 aliphatic heterocycles. The molecule has 0 spiro atoms. The SMILES string of the molecule is CCn1ncc(OC)c1C(N)c1cccc2ncccc12. The number of aromatic nitrogens is 3. The lowest BCUT2D eigenvalue weighted by molar-refractivity contribution is 0.405. The molecule has 21 heavy (non-hydrogen) atoms. The lowest BCUT2D eigenvalue weighted by Crippen LogP contribution is -2.18. The molecule has 3 rings (SSSR count). The summed E-state index contributed by atoms with van der Waals surface area (Å²) in [4.78, 5) is 4.38. The second-order valence-electron chi connectivity index (χ2n) is 4.81. The summed E-state index contributed by atoms with van der Waals surface area (Å²) in [5, 5.41) is 5.38. The molecule has 0 amide bonds. The fourth-order valence-electron chi connectivity index (χ4n) is 2.65. The van der Waals surface area contributed by atoms with Gasteiger partial charge in [0.1, 0.15) is 5.69 Å². The van der Waals surface area contributed by atoms with Gasteiger partial charge < -0.3 is 10.5 Å². The molecule has 1 atom stereocenters. The van der Waals surface area contributed by atoms with Gasteiger partial charge in [0, 0.05) is 18.1 Å². The Balaban J connectivity index is 2.17. The molecular formula is C16H18N4O. The number of methoxy groups -OCH3 is 1. The smallest absolute Gasteiger partial charge is 0.161 e. The van der Waals surface area contributed by atoms with Crippen molar-refractivity contribution in [3.63, 3.8) is 0 Å². The highest BCUT2D eigenvalue weighted by Gasteiger charge is 2.21. The zero-order valence-corrected chi connectivity index (χ0v) is 12.2. The van der Waals surface area contributed by atoms with E-state index in [0.29, 0.717) is 5.75 Å². The summed E-state index contributed by atoms with van der Waals surface area (Å²) in [6, 6.07) is 9.64. The van der Waals surface area contributed by atoms with Crippen LogP contribution >= 0.6 is 0 Å². The van der Waals surface area contributed by atoms with E-state index in [1.165, 1.54) is 0 Å². The predicted octanol–water partition coefficient (Wildman–Crippen LogP) is 2.51. The van der Waals surface area contributed by atoms with Gasteiger partial charge in [-0.05, 0) is 24.6 Å². The van der Waals surface area contributed by atoms with Crippen LogP contribution in [0.4, 0.5) is 0 Å². The second-order valence-corrected chi connectivity index (χ2v) is 4.81. The van der Waals surface area contributed by atoms with E-state index in [1.807, 2.05) is 41.9 Å². The zero-order valence-electron chi connectivity index (χ0n) is 12.2. The average molecular weight is 282 g/mol. The first-order valence-corrected chi connectivity index (χ1v) is 6.95. The summed E-state index contributed by atoms with van der Waals surface area (Å²) in [5.41, 5.74) is 9.36. The van der Waals surface area contributed by atoms with Crippen molar-refractivity contribution in [1.29, 1.82) is 0 Å². The summed E-state index contributed by atoms with van der Waals surface area (Å²) in [7, 11) is 1.64. The number of aryl methyl sites for hydroxylation is 1. The first-order chi connectivity index (χ1) is 10.3. The Kier molecular flexibility index (Phi) is 3.58. The van der Waals surface area contributed by atoms with Crippen molar-refractivity contribution in [3.05, 3.63) is 54.0 Å². The number of pyridine rings is 1. The molecule has 0 radical (unpaired) electrons. The number of nitrogens with zero attached hydrogens (tertiary/aromatic N) is 3. The number of fused-ring (bicyclic) bond motifs is 1. The van der Waals surface area contributed by atoms with E-state index in [2.05, 4.69) is 10.1 Å². The van der Waals surface area contributed by atoms with Crippen LogP contribution in [-0.4, -0.2) is 21.9 Å². The highest BCUT2D eigenvalue weighted by atomic mass is 16.5. The van der Waals surface area contributed by atoms with E-state index in [9.17, 15) is 0 Å². The van der Waals surface area contributed by atoms with Crippen LogP contribution in [-0.2, 0) is 6.54 Å². The molecule has 2 aromatic heterocycles. The topological polar surface area (TPSA) is 66.0 Å². The average Bonchev–Trinajstić information content (AvgIpc) is 2.96. The molecule has 108 valence electrons. The largest absolute Gasteiger partial charge is 0.493 e. The van der Waals surface area contributed by atoms with Crippen molar-refractivity contribution in [1.82, 2.24) is 14.8 Å². The molecule has 0 saturated heterocycles. The molecule has 1 unspecified atom stereocenters. The fraction of sp³-hybridized carbons (Fsp3) is 0.250. The van der Waals surface area contributed by atoms with E-state index in [4.69, 9.17) is 10.5 Å². The minimum atomic E-state index is -0.310. The molecule has 5 heteroatoms. The van der Waals surface area contributed by atoms with Crippen molar-refractivity contribution >= 4 is 10.9 Å². The van der Waals surface area contributed by atoms with E-state index in [0.717, 1.165) is 28.7 Å². The summed E-state index contributed by atoms with van der Waals surface area (Å²) in [6.45, 7) is 2.78. The van der Waals surface area contributed by atoms with Crippen LogP contribution in [0.3, 0.4) is 0 Å². The van der Waals surface area contributed by atoms with Gasteiger partial charge in [-0.25, -0.2) is 0 Å². The van der Waals surface area contributed by atoms with Crippen molar-refractivity contribution < 1.29 is 4.74 Å². The van der Waals surface area contributed by atoms with E-state index in [1.54, 1.807) is 19.5 Å². The number of benzene rings is 1. The van der Waals surface area contributed by atoms with Crippen LogP contribution in [0.15, 0.2) is 42.7 Å². The van der Waals surface area contributed by atoms with Gasteiger partial charge in [0.25, 0.3) is 0 Å². The quantitative estimate of drug-likeness (QED) is 0.798. The Morgan fingerprint density at radius 3 is 2.90 bits per heavy atom. The van der Waals surface area contributed by atoms with Crippen molar-refractivity contribution in [2.45, 2.75) is 19.5 Å². The first-order valence-electron chi connectivity index (χ1n) is 6.95. The predicted molar refractivity (Wildman–Crippen MR) is 82.2 cm³/mol. The molecule has 0 bridgehead atoms. The van der Waals surface area contributed by atoms with Crippen LogP contribution in [0.5, 0.6) is 5.75 Å². The highest BCUT2D eigenvalue weighted by molar-refractivity contribution is 5.83. The Morgan fingerprint density at radius 1 is 1.29 bits per heavy atom. The number of hydrogen-bond acceptors (Lipinski definition) is 4. The van der Waals surface area contributed by atoms with Gasteiger partial charge in [0.2, 0.25) is 0 Å².